The first-order valence-electron chi connectivity index (χ1n) is 7.64. The molecule has 7 nitrogen and oxygen atoms in total. The Morgan fingerprint density at radius 1 is 1.12 bits per heavy atom. The molecule has 0 unspecified atom stereocenters. The van der Waals surface area contributed by atoms with Gasteiger partial charge >= 0.3 is 0 Å². The first kappa shape index (κ1) is 15.4. The molecule has 0 spiro atoms. The van der Waals surface area contributed by atoms with E-state index in [4.69, 9.17) is 0 Å². The predicted octanol–water partition coefficient (Wildman–Crippen LogP) is 2.42. The van der Waals surface area contributed by atoms with E-state index in [1.807, 2.05) is 25.2 Å². The highest BCUT2D eigenvalue weighted by Gasteiger charge is 2.11. The smallest absolute Gasteiger partial charge is 0.251 e. The zero-order valence-corrected chi connectivity index (χ0v) is 14.2. The van der Waals surface area contributed by atoms with E-state index in [0.717, 1.165) is 39.7 Å². The number of fused-ring (bicyclic) bond motifs is 1. The minimum Gasteiger partial charge on any atom is -0.346 e. The van der Waals surface area contributed by atoms with E-state index in [0.29, 0.717) is 12.1 Å². The summed E-state index contributed by atoms with van der Waals surface area (Å²) in [6, 6.07) is 11.1. The fraction of sp³-hybridized carbons (Fsp3) is 0.118. The summed E-state index contributed by atoms with van der Waals surface area (Å²) < 4.78 is 10.1. The van der Waals surface area contributed by atoms with Crippen molar-refractivity contribution >= 4 is 28.7 Å². The molecule has 0 fully saturated rings. The second kappa shape index (κ2) is 6.40. The quantitative estimate of drug-likeness (QED) is 0.611. The van der Waals surface area contributed by atoms with Crippen molar-refractivity contribution in [3.05, 3.63) is 60.0 Å². The maximum atomic E-state index is 12.4. The van der Waals surface area contributed by atoms with Crippen LogP contribution in [0.3, 0.4) is 0 Å². The summed E-state index contributed by atoms with van der Waals surface area (Å²) in [5.74, 6) is -0.151. The van der Waals surface area contributed by atoms with Crippen molar-refractivity contribution in [1.29, 1.82) is 0 Å². The fourth-order valence-electron chi connectivity index (χ4n) is 2.53. The Balaban J connectivity index is 1.49. The lowest BCUT2D eigenvalue weighted by Gasteiger charge is -2.05. The molecule has 4 aromatic rings. The maximum Gasteiger partial charge on any atom is 0.251 e. The van der Waals surface area contributed by atoms with Gasteiger partial charge in [0.25, 0.3) is 5.91 Å². The molecule has 25 heavy (non-hydrogen) atoms. The van der Waals surface area contributed by atoms with Gasteiger partial charge in [-0.05, 0) is 36.4 Å². The van der Waals surface area contributed by atoms with Gasteiger partial charge in [0.2, 0.25) is 0 Å². The predicted molar refractivity (Wildman–Crippen MR) is 95.0 cm³/mol. The van der Waals surface area contributed by atoms with Gasteiger partial charge in [0.15, 0.2) is 0 Å². The largest absolute Gasteiger partial charge is 0.346 e. The number of carbonyl (C=O) groups excluding carboxylic acids is 1. The number of nitrogens with one attached hydrogen (secondary N) is 1. The van der Waals surface area contributed by atoms with Gasteiger partial charge in [-0.2, -0.15) is 13.8 Å². The highest BCUT2D eigenvalue weighted by molar-refractivity contribution is 7.00. The van der Waals surface area contributed by atoms with Crippen LogP contribution in [0, 0.1) is 0 Å². The van der Waals surface area contributed by atoms with Crippen molar-refractivity contribution in [2.75, 3.05) is 0 Å². The highest BCUT2D eigenvalue weighted by atomic mass is 32.1. The summed E-state index contributed by atoms with van der Waals surface area (Å²) in [5.41, 5.74) is 4.86. The number of hydrogen-bond donors (Lipinski definition) is 1. The molecule has 124 valence electrons. The lowest BCUT2D eigenvalue weighted by Crippen LogP contribution is -2.24. The summed E-state index contributed by atoms with van der Waals surface area (Å²) >= 11 is 1.14. The van der Waals surface area contributed by atoms with Crippen LogP contribution in [0.2, 0.25) is 0 Å². The third kappa shape index (κ3) is 3.11. The Bertz CT molecular complexity index is 1040. The molecule has 0 aliphatic heterocycles. The zero-order valence-electron chi connectivity index (χ0n) is 13.4. The Hall–Kier alpha value is -3.13. The van der Waals surface area contributed by atoms with Gasteiger partial charge < -0.3 is 5.32 Å². The van der Waals surface area contributed by atoms with Crippen LogP contribution in [0.4, 0.5) is 0 Å². The number of aryl methyl sites for hydroxylation is 1. The van der Waals surface area contributed by atoms with E-state index in [9.17, 15) is 4.79 Å². The number of hydrogen-bond acceptors (Lipinski definition) is 6. The summed E-state index contributed by atoms with van der Waals surface area (Å²) in [6.07, 6.45) is 3.46. The van der Waals surface area contributed by atoms with E-state index >= 15 is 0 Å². The number of benzene rings is 1. The first-order chi connectivity index (χ1) is 12.2. The van der Waals surface area contributed by atoms with Crippen LogP contribution in [-0.4, -0.2) is 29.4 Å². The van der Waals surface area contributed by atoms with Crippen molar-refractivity contribution in [2.24, 2.45) is 7.05 Å². The summed E-state index contributed by atoms with van der Waals surface area (Å²) in [7, 11) is 1.86. The van der Waals surface area contributed by atoms with Gasteiger partial charge in [0.1, 0.15) is 11.0 Å². The lowest BCUT2D eigenvalue weighted by atomic mass is 10.2. The van der Waals surface area contributed by atoms with Crippen molar-refractivity contribution in [2.45, 2.75) is 6.54 Å². The standard InChI is InChI=1S/C17H14N6OS/c1-23-13(9-15(20-23)11-4-6-18-7-5-11)10-19-17(24)12-2-3-14-16(8-12)22-25-21-14/h2-9H,10H2,1H3,(H,19,24). The molecule has 4 rings (SSSR count). The van der Waals surface area contributed by atoms with Crippen LogP contribution in [0.25, 0.3) is 22.3 Å². The Morgan fingerprint density at radius 3 is 2.76 bits per heavy atom. The van der Waals surface area contributed by atoms with Crippen molar-refractivity contribution in [1.82, 2.24) is 28.8 Å². The minimum absolute atomic E-state index is 0.151. The topological polar surface area (TPSA) is 85.6 Å². The molecule has 0 radical (unpaired) electrons. The molecule has 0 aliphatic carbocycles. The second-order valence-electron chi connectivity index (χ2n) is 5.53. The SMILES string of the molecule is Cn1nc(-c2ccncc2)cc1CNC(=O)c1ccc2nsnc2c1. The highest BCUT2D eigenvalue weighted by Crippen LogP contribution is 2.18. The average Bonchev–Trinajstić information content (AvgIpc) is 3.26. The summed E-state index contributed by atoms with van der Waals surface area (Å²) in [6.45, 7) is 0.390. The van der Waals surface area contributed by atoms with E-state index in [1.165, 1.54) is 0 Å². The van der Waals surface area contributed by atoms with Crippen molar-refractivity contribution < 1.29 is 4.79 Å². The van der Waals surface area contributed by atoms with Gasteiger partial charge in [-0.15, -0.1) is 0 Å². The number of aromatic nitrogens is 5. The molecular weight excluding hydrogens is 336 g/mol. The van der Waals surface area contributed by atoms with Crippen LogP contribution in [0.1, 0.15) is 16.1 Å². The number of carbonyl (C=O) groups is 1. The normalized spacial score (nSPS) is 10.9. The van der Waals surface area contributed by atoms with Crippen LogP contribution < -0.4 is 5.32 Å². The number of nitrogens with zero attached hydrogens (tertiary/aromatic N) is 5. The molecule has 8 heteroatoms. The summed E-state index contributed by atoms with van der Waals surface area (Å²) in [4.78, 5) is 16.4. The third-order valence-electron chi connectivity index (χ3n) is 3.90. The number of rotatable bonds is 4. The van der Waals surface area contributed by atoms with Crippen molar-refractivity contribution in [3.63, 3.8) is 0 Å². The molecule has 0 bridgehead atoms. The Labute approximate surface area is 147 Å². The lowest BCUT2D eigenvalue weighted by molar-refractivity contribution is 0.0950. The minimum atomic E-state index is -0.151. The zero-order chi connectivity index (χ0) is 17.2. The number of amides is 1. The van der Waals surface area contributed by atoms with E-state index in [-0.39, 0.29) is 5.91 Å². The van der Waals surface area contributed by atoms with Crippen LogP contribution in [-0.2, 0) is 13.6 Å². The second-order valence-corrected chi connectivity index (χ2v) is 6.06. The third-order valence-corrected chi connectivity index (χ3v) is 4.46. The Kier molecular flexibility index (Phi) is 3.95. The molecule has 0 aliphatic rings. The molecule has 0 saturated carbocycles. The van der Waals surface area contributed by atoms with Gasteiger partial charge in [0, 0.05) is 30.6 Å². The Morgan fingerprint density at radius 2 is 1.92 bits per heavy atom. The van der Waals surface area contributed by atoms with Gasteiger partial charge in [-0.1, -0.05) is 0 Å². The molecule has 1 N–H and O–H groups in total. The maximum absolute atomic E-state index is 12.4. The van der Waals surface area contributed by atoms with Gasteiger partial charge in [-0.25, -0.2) is 0 Å². The van der Waals surface area contributed by atoms with Crippen LogP contribution in [0.15, 0.2) is 48.8 Å². The van der Waals surface area contributed by atoms with E-state index in [1.54, 1.807) is 35.3 Å². The monoisotopic (exact) mass is 350 g/mol. The molecule has 0 saturated heterocycles. The number of pyridine rings is 1. The summed E-state index contributed by atoms with van der Waals surface area (Å²) in [5, 5.41) is 7.41. The van der Waals surface area contributed by atoms with Gasteiger partial charge in [0.05, 0.1) is 29.7 Å². The fourth-order valence-corrected chi connectivity index (χ4v) is 3.05. The first-order valence-corrected chi connectivity index (χ1v) is 8.37. The molecule has 3 aromatic heterocycles. The average molecular weight is 350 g/mol. The van der Waals surface area contributed by atoms with E-state index < -0.39 is 0 Å². The molecule has 1 amide bonds. The van der Waals surface area contributed by atoms with Crippen molar-refractivity contribution in [3.8, 4) is 11.3 Å². The molecule has 1 aromatic carbocycles. The van der Waals surface area contributed by atoms with Gasteiger partial charge in [-0.3, -0.25) is 14.5 Å². The van der Waals surface area contributed by atoms with Crippen LogP contribution >= 0.6 is 11.7 Å². The van der Waals surface area contributed by atoms with Crippen LogP contribution in [0.5, 0.6) is 0 Å². The van der Waals surface area contributed by atoms with E-state index in [2.05, 4.69) is 24.1 Å². The molecule has 0 atom stereocenters. The molecule has 3 heterocycles. The molecular formula is C17H14N6OS.